The number of thiophene rings is 1. The van der Waals surface area contributed by atoms with Crippen LogP contribution in [0, 0.1) is 26.7 Å². The third-order valence-electron chi connectivity index (χ3n) is 10.3. The molecule has 0 N–H and O–H groups in total. The predicted molar refractivity (Wildman–Crippen MR) is 158 cm³/mol. The number of amides is 1. The van der Waals surface area contributed by atoms with Crippen LogP contribution in [0.1, 0.15) is 93.9 Å². The maximum absolute atomic E-state index is 13.8. The molecule has 0 aromatic carbocycles. The van der Waals surface area contributed by atoms with Crippen LogP contribution in [-0.4, -0.2) is 77.5 Å². The van der Waals surface area contributed by atoms with Crippen molar-refractivity contribution in [1.82, 2.24) is 19.7 Å². The lowest BCUT2D eigenvalue weighted by atomic mass is 9.76. The second kappa shape index (κ2) is 11.1. The van der Waals surface area contributed by atoms with E-state index in [4.69, 9.17) is 4.74 Å². The van der Waals surface area contributed by atoms with Gasteiger partial charge in [-0.3, -0.25) is 14.6 Å². The topological polar surface area (TPSA) is 48.9 Å². The predicted octanol–water partition coefficient (Wildman–Crippen LogP) is 5.72. The molecule has 4 aliphatic rings. The van der Waals surface area contributed by atoms with Gasteiger partial charge in [-0.1, -0.05) is 6.92 Å². The second-order valence-corrected chi connectivity index (χ2v) is 13.8. The number of aryl methyl sites for hydroxylation is 2. The van der Waals surface area contributed by atoms with Crippen molar-refractivity contribution in [2.45, 2.75) is 97.2 Å². The molecule has 39 heavy (non-hydrogen) atoms. The molecule has 0 spiro atoms. The third kappa shape index (κ3) is 5.15. The van der Waals surface area contributed by atoms with Crippen molar-refractivity contribution in [3.8, 4) is 5.88 Å². The van der Waals surface area contributed by atoms with Crippen molar-refractivity contribution >= 4 is 17.2 Å². The van der Waals surface area contributed by atoms with Crippen LogP contribution in [0.5, 0.6) is 5.88 Å². The van der Waals surface area contributed by atoms with Crippen molar-refractivity contribution in [2.24, 2.45) is 5.92 Å². The summed E-state index contributed by atoms with van der Waals surface area (Å²) >= 11 is 1.93. The van der Waals surface area contributed by atoms with E-state index in [0.29, 0.717) is 18.3 Å². The Hall–Kier alpha value is -1.96. The van der Waals surface area contributed by atoms with E-state index in [0.717, 1.165) is 53.4 Å². The van der Waals surface area contributed by atoms with Gasteiger partial charge in [0, 0.05) is 59.2 Å². The summed E-state index contributed by atoms with van der Waals surface area (Å²) in [5, 5.41) is 0. The molecule has 1 saturated carbocycles. The summed E-state index contributed by atoms with van der Waals surface area (Å²) in [6, 6.07) is 3.70. The first kappa shape index (κ1) is 27.2. The van der Waals surface area contributed by atoms with Crippen LogP contribution >= 0.6 is 11.3 Å². The Bertz CT molecular complexity index is 1210. The quantitative estimate of drug-likeness (QED) is 0.442. The molecule has 6 rings (SSSR count). The van der Waals surface area contributed by atoms with Crippen LogP contribution in [0.25, 0.3) is 0 Å². The first-order valence-corrected chi connectivity index (χ1v) is 16.1. The number of rotatable bonds is 7. The van der Waals surface area contributed by atoms with Crippen LogP contribution in [-0.2, 0) is 13.0 Å². The maximum Gasteiger partial charge on any atom is 0.255 e. The van der Waals surface area contributed by atoms with Gasteiger partial charge in [0.25, 0.3) is 5.91 Å². The summed E-state index contributed by atoms with van der Waals surface area (Å²) in [5.74, 6) is 2.08. The summed E-state index contributed by atoms with van der Waals surface area (Å²) in [4.78, 5) is 28.6. The fourth-order valence-corrected chi connectivity index (χ4v) is 9.25. The smallest absolute Gasteiger partial charge is 0.255 e. The second-order valence-electron chi connectivity index (χ2n) is 12.6. The van der Waals surface area contributed by atoms with Gasteiger partial charge in [0.15, 0.2) is 0 Å². The van der Waals surface area contributed by atoms with E-state index in [1.807, 2.05) is 23.2 Å². The van der Waals surface area contributed by atoms with Crippen LogP contribution in [0.3, 0.4) is 0 Å². The number of fused-ring (bicyclic) bond motifs is 1. The van der Waals surface area contributed by atoms with Crippen LogP contribution in [0.15, 0.2) is 6.07 Å². The molecule has 3 fully saturated rings. The largest absolute Gasteiger partial charge is 0.481 e. The number of methoxy groups -OCH3 is 1. The molecule has 212 valence electrons. The number of nitrogens with zero attached hydrogens (tertiary/aromatic N) is 4. The molecule has 7 heteroatoms. The van der Waals surface area contributed by atoms with Gasteiger partial charge in [-0.15, -0.1) is 11.3 Å². The maximum atomic E-state index is 13.8. The molecule has 5 heterocycles. The lowest BCUT2D eigenvalue weighted by molar-refractivity contribution is -0.00222. The molecular weight excluding hydrogens is 504 g/mol. The van der Waals surface area contributed by atoms with E-state index in [-0.39, 0.29) is 5.91 Å². The first-order valence-electron chi connectivity index (χ1n) is 15.2. The lowest BCUT2D eigenvalue weighted by Gasteiger charge is -2.50. The van der Waals surface area contributed by atoms with E-state index in [1.54, 1.807) is 7.11 Å². The number of hydrogen-bond donors (Lipinski definition) is 0. The first-order chi connectivity index (χ1) is 18.8. The van der Waals surface area contributed by atoms with Gasteiger partial charge in [-0.05, 0) is 101 Å². The molecule has 1 amide bonds. The van der Waals surface area contributed by atoms with E-state index in [2.05, 4.69) is 41.6 Å². The number of likely N-dealkylation sites (tertiary alicyclic amines) is 2. The molecule has 1 atom stereocenters. The zero-order valence-corrected chi connectivity index (χ0v) is 25.4. The van der Waals surface area contributed by atoms with Crippen molar-refractivity contribution in [2.75, 3.05) is 39.8 Å². The Kier molecular flexibility index (Phi) is 7.77. The summed E-state index contributed by atoms with van der Waals surface area (Å²) in [6.07, 6.45) is 9.05. The average molecular weight is 551 g/mol. The van der Waals surface area contributed by atoms with Crippen molar-refractivity contribution in [1.29, 1.82) is 0 Å². The Morgan fingerprint density at radius 2 is 1.74 bits per heavy atom. The Morgan fingerprint density at radius 1 is 1.03 bits per heavy atom. The van der Waals surface area contributed by atoms with E-state index in [1.165, 1.54) is 80.0 Å². The fourth-order valence-electron chi connectivity index (χ4n) is 7.82. The molecule has 2 saturated heterocycles. The van der Waals surface area contributed by atoms with Crippen molar-refractivity contribution in [3.63, 3.8) is 0 Å². The van der Waals surface area contributed by atoms with E-state index < -0.39 is 0 Å². The minimum atomic E-state index is 0.180. The average Bonchev–Trinajstić information content (AvgIpc) is 3.54. The van der Waals surface area contributed by atoms with Gasteiger partial charge in [0.1, 0.15) is 0 Å². The molecule has 1 aliphatic carbocycles. The molecule has 3 aliphatic heterocycles. The van der Waals surface area contributed by atoms with Crippen molar-refractivity contribution in [3.05, 3.63) is 43.8 Å². The molecule has 6 nitrogen and oxygen atoms in total. The van der Waals surface area contributed by atoms with Gasteiger partial charge >= 0.3 is 0 Å². The molecule has 0 bridgehead atoms. The highest BCUT2D eigenvalue weighted by molar-refractivity contribution is 7.12. The van der Waals surface area contributed by atoms with E-state index in [9.17, 15) is 4.79 Å². The standard InChI is InChI=1S/C32H46N4O2S/c1-20-16-21(2)33-31(38-5)27(20)19-35-15-12-28-29(32(35)37)23(4)30(39-28)22(3)24-8-10-25(11-9-24)36-17-26(18-36)34-13-6-7-14-34/h16,22,24-26H,6-15,17-19H2,1-5H3. The van der Waals surface area contributed by atoms with Crippen LogP contribution in [0.2, 0.25) is 0 Å². The number of hydrogen-bond acceptors (Lipinski definition) is 6. The zero-order chi connectivity index (χ0) is 27.3. The summed E-state index contributed by atoms with van der Waals surface area (Å²) < 4.78 is 5.59. The normalized spacial score (nSPS) is 25.6. The van der Waals surface area contributed by atoms with Gasteiger partial charge in [-0.2, -0.15) is 0 Å². The monoisotopic (exact) mass is 550 g/mol. The number of carbonyl (C=O) groups is 1. The summed E-state index contributed by atoms with van der Waals surface area (Å²) in [5.41, 5.74) is 5.31. The van der Waals surface area contributed by atoms with Gasteiger partial charge < -0.3 is 9.64 Å². The van der Waals surface area contributed by atoms with Gasteiger partial charge in [0.2, 0.25) is 5.88 Å². The molecule has 2 aromatic heterocycles. The third-order valence-corrected chi connectivity index (χ3v) is 11.8. The number of ether oxygens (including phenoxy) is 1. The summed E-state index contributed by atoms with van der Waals surface area (Å²) in [6.45, 7) is 15.3. The molecule has 2 aromatic rings. The zero-order valence-electron chi connectivity index (χ0n) is 24.6. The fraction of sp³-hybridized carbons (Fsp3) is 0.688. The van der Waals surface area contributed by atoms with E-state index >= 15 is 0 Å². The Morgan fingerprint density at radius 3 is 2.44 bits per heavy atom. The summed E-state index contributed by atoms with van der Waals surface area (Å²) in [7, 11) is 1.67. The highest BCUT2D eigenvalue weighted by atomic mass is 32.1. The highest BCUT2D eigenvalue weighted by Gasteiger charge is 2.39. The minimum Gasteiger partial charge on any atom is -0.481 e. The SMILES string of the molecule is COc1nc(C)cc(C)c1CN1CCc2sc(C(C)C3CCC(N4CC(N5CCCC5)C4)CC3)c(C)c2C1=O. The van der Waals surface area contributed by atoms with Crippen molar-refractivity contribution < 1.29 is 9.53 Å². The van der Waals surface area contributed by atoms with Gasteiger partial charge in [0.05, 0.1) is 19.2 Å². The van der Waals surface area contributed by atoms with Crippen LogP contribution in [0.4, 0.5) is 0 Å². The Labute approximate surface area is 238 Å². The van der Waals surface area contributed by atoms with Gasteiger partial charge in [-0.25, -0.2) is 4.98 Å². The molecular formula is C32H46N4O2S. The Balaban J connectivity index is 1.09. The molecule has 1 unspecified atom stereocenters. The van der Waals surface area contributed by atoms with Crippen LogP contribution < -0.4 is 4.74 Å². The minimum absolute atomic E-state index is 0.180. The number of aromatic nitrogens is 1. The number of carbonyl (C=O) groups excluding carboxylic acids is 1. The lowest BCUT2D eigenvalue weighted by Crippen LogP contribution is -2.62. The number of pyridine rings is 1. The highest BCUT2D eigenvalue weighted by Crippen LogP contribution is 2.44. The molecule has 0 radical (unpaired) electrons.